The van der Waals surface area contributed by atoms with Gasteiger partial charge in [0, 0.05) is 6.42 Å². The summed E-state index contributed by atoms with van der Waals surface area (Å²) in [6, 6.07) is 0. The maximum atomic E-state index is 10.8. The molecule has 0 saturated heterocycles. The molecule has 0 rings (SSSR count). The van der Waals surface area contributed by atoms with Crippen molar-refractivity contribution in [2.45, 2.75) is 6.42 Å². The highest BCUT2D eigenvalue weighted by Crippen LogP contribution is 1.61. The van der Waals surface area contributed by atoms with Crippen LogP contribution in [-0.4, -0.2) is 57.6 Å². The van der Waals surface area contributed by atoms with Crippen molar-refractivity contribution < 1.29 is 20.2 Å². The Morgan fingerprint density at radius 2 is 2.27 bits per heavy atom. The summed E-state index contributed by atoms with van der Waals surface area (Å²) in [4.78, 5) is 12.2. The van der Waals surface area contributed by atoms with Crippen LogP contribution in [0.15, 0.2) is 5.16 Å². The topological polar surface area (TPSA) is 82.7 Å². The van der Waals surface area contributed by atoms with Crippen LogP contribution in [0.5, 0.6) is 0 Å². The van der Waals surface area contributed by atoms with E-state index in [-0.39, 0.29) is 5.91 Å². The van der Waals surface area contributed by atoms with Gasteiger partial charge in [0.2, 0.25) is 0 Å². The van der Waals surface area contributed by atoms with Crippen LogP contribution in [-0.2, 0) is 4.79 Å². The fraction of sp³-hybridized carbons (Fsp3) is 0.778. The van der Waals surface area contributed by atoms with Gasteiger partial charge in [0.1, 0.15) is 6.21 Å². The lowest BCUT2D eigenvalue weighted by atomic mass is 10.4. The molecule has 0 aliphatic rings. The molecule has 88 valence electrons. The highest BCUT2D eigenvalue weighted by atomic mass is 16.4. The lowest BCUT2D eigenvalue weighted by molar-refractivity contribution is -0.860. The number of nitrogens with two attached hydrogens (primary N) is 1. The summed E-state index contributed by atoms with van der Waals surface area (Å²) in [5.74, 6) is -0.358. The quantitative estimate of drug-likeness (QED) is 0.149. The molecule has 0 aliphatic carbocycles. The van der Waals surface area contributed by atoms with Gasteiger partial charge in [-0.1, -0.05) is 5.16 Å². The third-order valence-electron chi connectivity index (χ3n) is 1.91. The smallest absolute Gasteiger partial charge is 0.266 e. The van der Waals surface area contributed by atoms with Gasteiger partial charge in [0.25, 0.3) is 5.91 Å². The molecule has 0 saturated carbocycles. The molecular formula is C9H22N4O2+2. The van der Waals surface area contributed by atoms with Crippen LogP contribution in [0.2, 0.25) is 0 Å². The van der Waals surface area contributed by atoms with Gasteiger partial charge in [-0.2, -0.15) is 0 Å². The summed E-state index contributed by atoms with van der Waals surface area (Å²) in [5, 5.41) is 15.5. The number of carbonyl (C=O) groups is 1. The van der Waals surface area contributed by atoms with E-state index in [1.165, 1.54) is 17.9 Å². The molecule has 0 radical (unpaired) electrons. The van der Waals surface area contributed by atoms with Crippen LogP contribution >= 0.6 is 0 Å². The van der Waals surface area contributed by atoms with E-state index in [1.54, 1.807) is 0 Å². The molecule has 0 aliphatic heterocycles. The highest BCUT2D eigenvalue weighted by Gasteiger charge is 1.97. The number of carbonyl (C=O) groups excluding carboxylic acids is 1. The van der Waals surface area contributed by atoms with Crippen molar-refractivity contribution >= 4 is 12.1 Å². The summed E-state index contributed by atoms with van der Waals surface area (Å²) in [6.07, 6.45) is 2.03. The van der Waals surface area contributed by atoms with Crippen molar-refractivity contribution in [1.82, 2.24) is 5.32 Å². The third-order valence-corrected chi connectivity index (χ3v) is 1.91. The predicted octanol–water partition coefficient (Wildman–Crippen LogP) is -3.34. The second-order valence-corrected chi connectivity index (χ2v) is 3.71. The van der Waals surface area contributed by atoms with E-state index in [9.17, 15) is 4.79 Å². The minimum absolute atomic E-state index is 0.358. The van der Waals surface area contributed by atoms with Gasteiger partial charge in [-0.15, -0.1) is 0 Å². The lowest BCUT2D eigenvalue weighted by Crippen LogP contribution is -3.06. The van der Waals surface area contributed by atoms with Crippen molar-refractivity contribution in [2.24, 2.45) is 5.16 Å². The third kappa shape index (κ3) is 10.8. The van der Waals surface area contributed by atoms with Gasteiger partial charge in [0.15, 0.2) is 0 Å². The Balaban J connectivity index is 3.15. The first-order valence-electron chi connectivity index (χ1n) is 5.22. The molecule has 1 amide bonds. The molecule has 0 aromatic heterocycles. The van der Waals surface area contributed by atoms with Crippen LogP contribution in [0.25, 0.3) is 0 Å². The molecule has 0 bridgehead atoms. The first-order valence-corrected chi connectivity index (χ1v) is 5.22. The lowest BCUT2D eigenvalue weighted by Gasteiger charge is -2.06. The Morgan fingerprint density at radius 3 is 2.87 bits per heavy atom. The Bertz CT molecular complexity index is 195. The highest BCUT2D eigenvalue weighted by molar-refractivity contribution is 6.25. The molecule has 15 heavy (non-hydrogen) atoms. The number of oxime groups is 1. The van der Waals surface area contributed by atoms with E-state index < -0.39 is 0 Å². The Hall–Kier alpha value is -1.14. The van der Waals surface area contributed by atoms with E-state index in [4.69, 9.17) is 5.21 Å². The predicted molar refractivity (Wildman–Crippen MR) is 57.2 cm³/mol. The van der Waals surface area contributed by atoms with Crippen LogP contribution in [0, 0.1) is 0 Å². The largest absolute Gasteiger partial charge is 0.411 e. The fourth-order valence-electron chi connectivity index (χ4n) is 1.14. The van der Waals surface area contributed by atoms with Gasteiger partial charge in [-0.3, -0.25) is 4.79 Å². The van der Waals surface area contributed by atoms with Crippen molar-refractivity contribution in [3.05, 3.63) is 0 Å². The normalized spacial score (nSPS) is 11.1. The monoisotopic (exact) mass is 218 g/mol. The van der Waals surface area contributed by atoms with E-state index in [1.807, 2.05) is 0 Å². The van der Waals surface area contributed by atoms with E-state index >= 15 is 0 Å². The molecule has 0 aromatic rings. The molecule has 6 heteroatoms. The van der Waals surface area contributed by atoms with Crippen molar-refractivity contribution in [1.29, 1.82) is 0 Å². The van der Waals surface area contributed by atoms with Crippen LogP contribution in [0.3, 0.4) is 0 Å². The number of rotatable bonds is 8. The van der Waals surface area contributed by atoms with Crippen LogP contribution in [0.1, 0.15) is 6.42 Å². The minimum atomic E-state index is -0.358. The standard InChI is InChI=1S/C9H20N4O2/c1-13(2)7-3-4-10-5-6-11-9(14)8-12-15/h8,10,15H,3-7H2,1-2H3,(H,11,14)/p+2/b12-8+. The van der Waals surface area contributed by atoms with Gasteiger partial charge < -0.3 is 20.7 Å². The number of amides is 1. The average Bonchev–Trinajstić information content (AvgIpc) is 2.16. The fourth-order valence-corrected chi connectivity index (χ4v) is 1.14. The zero-order valence-corrected chi connectivity index (χ0v) is 9.49. The van der Waals surface area contributed by atoms with Gasteiger partial charge >= 0.3 is 0 Å². The summed E-state index contributed by atoms with van der Waals surface area (Å²) < 4.78 is 0. The second kappa shape index (κ2) is 9.42. The summed E-state index contributed by atoms with van der Waals surface area (Å²) >= 11 is 0. The molecule has 0 unspecified atom stereocenters. The van der Waals surface area contributed by atoms with E-state index in [0.29, 0.717) is 6.54 Å². The SMILES string of the molecule is C[NH+](C)CCC[NH2+]CCNC(=O)/C=N/O. The molecule has 0 aromatic carbocycles. The van der Waals surface area contributed by atoms with Crippen molar-refractivity contribution in [3.8, 4) is 0 Å². The number of nitrogens with one attached hydrogen (secondary N) is 2. The van der Waals surface area contributed by atoms with Gasteiger partial charge in [0.05, 0.1) is 40.3 Å². The Morgan fingerprint density at radius 1 is 1.53 bits per heavy atom. The Kier molecular flexibility index (Phi) is 8.70. The number of hydrogen-bond donors (Lipinski definition) is 4. The van der Waals surface area contributed by atoms with Crippen molar-refractivity contribution in [2.75, 3.05) is 40.3 Å². The first-order chi connectivity index (χ1) is 7.16. The minimum Gasteiger partial charge on any atom is -0.411 e. The molecular weight excluding hydrogens is 196 g/mol. The second-order valence-electron chi connectivity index (χ2n) is 3.71. The summed E-state index contributed by atoms with van der Waals surface area (Å²) in [6.45, 7) is 3.70. The maximum Gasteiger partial charge on any atom is 0.266 e. The molecule has 0 atom stereocenters. The van der Waals surface area contributed by atoms with Gasteiger partial charge in [-0.05, 0) is 0 Å². The molecule has 0 fully saturated rings. The van der Waals surface area contributed by atoms with Crippen LogP contribution < -0.4 is 15.5 Å². The zero-order valence-electron chi connectivity index (χ0n) is 9.49. The molecule has 0 spiro atoms. The number of quaternary nitrogens is 2. The average molecular weight is 218 g/mol. The van der Waals surface area contributed by atoms with E-state index in [2.05, 4.69) is 29.9 Å². The van der Waals surface area contributed by atoms with Crippen molar-refractivity contribution in [3.63, 3.8) is 0 Å². The zero-order chi connectivity index (χ0) is 11.5. The Labute approximate surface area is 90.3 Å². The molecule has 6 nitrogen and oxygen atoms in total. The number of hydrogen-bond acceptors (Lipinski definition) is 3. The number of nitrogens with zero attached hydrogens (tertiary/aromatic N) is 1. The van der Waals surface area contributed by atoms with Crippen LogP contribution in [0.4, 0.5) is 0 Å². The molecule has 5 N–H and O–H groups in total. The van der Waals surface area contributed by atoms with E-state index in [0.717, 1.165) is 19.3 Å². The first kappa shape index (κ1) is 13.9. The molecule has 0 heterocycles. The van der Waals surface area contributed by atoms with Gasteiger partial charge in [-0.25, -0.2) is 0 Å². The maximum absolute atomic E-state index is 10.8. The summed E-state index contributed by atoms with van der Waals surface area (Å²) in [5.41, 5.74) is 0. The summed E-state index contributed by atoms with van der Waals surface area (Å²) in [7, 11) is 4.27.